The van der Waals surface area contributed by atoms with Gasteiger partial charge in [0.25, 0.3) is 0 Å². The number of imidazole rings is 1. The molecule has 10 heteroatoms. The number of nitrogens with one attached hydrogen (secondary N) is 1. The Bertz CT molecular complexity index is 642. The van der Waals surface area contributed by atoms with E-state index in [-0.39, 0.29) is 18.3 Å². The molecule has 0 aliphatic carbocycles. The number of alkyl halides is 3. The third-order valence-corrected chi connectivity index (χ3v) is 4.56. The van der Waals surface area contributed by atoms with Crippen molar-refractivity contribution in [3.8, 4) is 0 Å². The molecule has 0 aromatic carbocycles. The lowest BCUT2D eigenvalue weighted by molar-refractivity contribution is -0.141. The van der Waals surface area contributed by atoms with E-state index >= 15 is 0 Å². The lowest BCUT2D eigenvalue weighted by atomic mass is 9.97. The molecule has 2 aromatic heterocycles. The van der Waals surface area contributed by atoms with E-state index in [1.807, 2.05) is 0 Å². The summed E-state index contributed by atoms with van der Waals surface area (Å²) in [6.07, 6.45) is 0.0172. The maximum Gasteiger partial charge on any atom is 0.432 e. The van der Waals surface area contributed by atoms with Crippen LogP contribution < -0.4 is 5.73 Å². The second kappa shape index (κ2) is 7.06. The molecule has 1 atom stereocenters. The van der Waals surface area contributed by atoms with Crippen LogP contribution in [0.5, 0.6) is 0 Å². The Balaban J connectivity index is 0.00000192. The molecule has 5 nitrogen and oxygen atoms in total. The van der Waals surface area contributed by atoms with E-state index in [4.69, 9.17) is 5.73 Å². The number of nitrogens with zero attached hydrogens (tertiary/aromatic N) is 3. The summed E-state index contributed by atoms with van der Waals surface area (Å²) >= 11 is 1.44. The van der Waals surface area contributed by atoms with Gasteiger partial charge in [-0.1, -0.05) is 0 Å². The highest BCUT2D eigenvalue weighted by Crippen LogP contribution is 2.31. The highest BCUT2D eigenvalue weighted by atomic mass is 35.5. The number of hydrogen-bond donors (Lipinski definition) is 2. The molecule has 0 amide bonds. The molecule has 1 saturated heterocycles. The number of aromatic amines is 1. The molecule has 3 rings (SSSR count). The maximum absolute atomic E-state index is 12.6. The number of hydrogen-bond acceptors (Lipinski definition) is 5. The first-order valence-corrected chi connectivity index (χ1v) is 7.78. The average Bonchev–Trinajstić information content (AvgIpc) is 3.08. The molecule has 3 N–H and O–H groups in total. The van der Waals surface area contributed by atoms with E-state index in [2.05, 4.69) is 19.9 Å². The van der Waals surface area contributed by atoms with Gasteiger partial charge in [-0.3, -0.25) is 4.90 Å². The number of anilines is 1. The maximum atomic E-state index is 12.6. The molecule has 3 heterocycles. The quantitative estimate of drug-likeness (QED) is 0.873. The predicted octanol–water partition coefficient (Wildman–Crippen LogP) is 3.27. The van der Waals surface area contributed by atoms with E-state index in [0.29, 0.717) is 17.5 Å². The summed E-state index contributed by atoms with van der Waals surface area (Å²) in [6.45, 7) is 2.32. The van der Waals surface area contributed by atoms with Crippen LogP contribution in [0.15, 0.2) is 12.4 Å². The minimum atomic E-state index is -4.38. The Labute approximate surface area is 141 Å². The summed E-state index contributed by atoms with van der Waals surface area (Å²) < 4.78 is 37.9. The third kappa shape index (κ3) is 4.36. The van der Waals surface area contributed by atoms with E-state index in [1.165, 1.54) is 11.3 Å². The van der Waals surface area contributed by atoms with Crippen LogP contribution in [0.2, 0.25) is 0 Å². The normalized spacial score (nSPS) is 19.5. The number of nitrogen functional groups attached to an aromatic ring is 1. The van der Waals surface area contributed by atoms with Gasteiger partial charge < -0.3 is 10.7 Å². The van der Waals surface area contributed by atoms with Crippen molar-refractivity contribution < 1.29 is 13.2 Å². The minimum Gasteiger partial charge on any atom is -0.375 e. The molecule has 1 unspecified atom stereocenters. The van der Waals surface area contributed by atoms with Gasteiger partial charge in [-0.05, 0) is 19.4 Å². The first kappa shape index (κ1) is 18.0. The number of likely N-dealkylation sites (tertiary alicyclic amines) is 1. The van der Waals surface area contributed by atoms with Gasteiger partial charge >= 0.3 is 6.18 Å². The van der Waals surface area contributed by atoms with Gasteiger partial charge in [0.2, 0.25) is 0 Å². The summed E-state index contributed by atoms with van der Waals surface area (Å²) in [6, 6.07) is 0. The first-order valence-electron chi connectivity index (χ1n) is 6.96. The van der Waals surface area contributed by atoms with Crippen molar-refractivity contribution in [3.63, 3.8) is 0 Å². The standard InChI is InChI=1S/C13H16F3N5S.ClH/c14-13(15,16)10-5-18-11(20-10)8-2-1-3-21(6-8)7-9-4-19-12(17)22-9;/h4-5,8H,1-3,6-7H2,(H2,17,19)(H,18,20);1H. The van der Waals surface area contributed by atoms with Crippen LogP contribution in [0.3, 0.4) is 0 Å². The molecule has 0 bridgehead atoms. The van der Waals surface area contributed by atoms with Gasteiger partial charge in [0.05, 0.1) is 6.20 Å². The molecule has 128 valence electrons. The number of thiazole rings is 1. The van der Waals surface area contributed by atoms with Crippen LogP contribution >= 0.6 is 23.7 Å². The fourth-order valence-corrected chi connectivity index (χ4v) is 3.45. The van der Waals surface area contributed by atoms with Gasteiger partial charge in [-0.25, -0.2) is 9.97 Å². The molecule has 0 saturated carbocycles. The number of nitrogens with two attached hydrogens (primary N) is 1. The first-order chi connectivity index (χ1) is 10.4. The smallest absolute Gasteiger partial charge is 0.375 e. The zero-order chi connectivity index (χ0) is 15.7. The van der Waals surface area contributed by atoms with Gasteiger partial charge in [0.1, 0.15) is 11.5 Å². The molecule has 0 radical (unpaired) electrons. The summed E-state index contributed by atoms with van der Waals surface area (Å²) in [5.41, 5.74) is 4.83. The van der Waals surface area contributed by atoms with Crippen molar-refractivity contribution in [2.75, 3.05) is 18.8 Å². The number of piperidine rings is 1. The number of aromatic nitrogens is 3. The van der Waals surface area contributed by atoms with Gasteiger partial charge in [0, 0.05) is 30.1 Å². The van der Waals surface area contributed by atoms with Crippen molar-refractivity contribution in [3.05, 3.63) is 28.8 Å². The highest BCUT2D eigenvalue weighted by molar-refractivity contribution is 7.15. The Kier molecular flexibility index (Phi) is 5.53. The van der Waals surface area contributed by atoms with Crippen LogP contribution in [-0.2, 0) is 12.7 Å². The van der Waals surface area contributed by atoms with E-state index in [9.17, 15) is 13.2 Å². The van der Waals surface area contributed by atoms with E-state index in [0.717, 1.165) is 37.0 Å². The molecule has 2 aromatic rings. The summed E-state index contributed by atoms with van der Waals surface area (Å²) in [5.74, 6) is 0.413. The zero-order valence-corrected chi connectivity index (χ0v) is 13.8. The number of rotatable bonds is 3. The van der Waals surface area contributed by atoms with Crippen LogP contribution in [0.1, 0.15) is 35.2 Å². The lowest BCUT2D eigenvalue weighted by Gasteiger charge is -2.31. The second-order valence-corrected chi connectivity index (χ2v) is 6.57. The number of H-pyrrole nitrogens is 1. The van der Waals surface area contributed by atoms with E-state index in [1.54, 1.807) is 6.20 Å². The fraction of sp³-hybridized carbons (Fsp3) is 0.538. The third-order valence-electron chi connectivity index (χ3n) is 3.74. The Morgan fingerprint density at radius 3 is 2.74 bits per heavy atom. The van der Waals surface area contributed by atoms with E-state index < -0.39 is 11.9 Å². The van der Waals surface area contributed by atoms with Crippen LogP contribution in [0, 0.1) is 0 Å². The van der Waals surface area contributed by atoms with Crippen molar-refractivity contribution in [2.45, 2.75) is 31.5 Å². The van der Waals surface area contributed by atoms with Crippen molar-refractivity contribution >= 4 is 28.9 Å². The molecule has 0 spiro atoms. The van der Waals surface area contributed by atoms with Crippen molar-refractivity contribution in [1.82, 2.24) is 19.9 Å². The van der Waals surface area contributed by atoms with Crippen molar-refractivity contribution in [1.29, 1.82) is 0 Å². The summed E-state index contributed by atoms with van der Waals surface area (Å²) in [4.78, 5) is 13.6. The molecule has 1 fully saturated rings. The molecular weight excluding hydrogens is 351 g/mol. The van der Waals surface area contributed by atoms with Crippen LogP contribution in [0.4, 0.5) is 18.3 Å². The second-order valence-electron chi connectivity index (χ2n) is 5.42. The topological polar surface area (TPSA) is 70.8 Å². The Morgan fingerprint density at radius 2 is 2.13 bits per heavy atom. The Morgan fingerprint density at radius 1 is 1.35 bits per heavy atom. The monoisotopic (exact) mass is 367 g/mol. The predicted molar refractivity (Wildman–Crippen MR) is 84.6 cm³/mol. The average molecular weight is 368 g/mol. The van der Waals surface area contributed by atoms with Gasteiger partial charge in [-0.2, -0.15) is 13.2 Å². The minimum absolute atomic E-state index is 0. The molecule has 1 aliphatic rings. The summed E-state index contributed by atoms with van der Waals surface area (Å²) in [5, 5.41) is 0.532. The fourth-order valence-electron chi connectivity index (χ4n) is 2.73. The largest absolute Gasteiger partial charge is 0.432 e. The lowest BCUT2D eigenvalue weighted by Crippen LogP contribution is -2.34. The Hall–Kier alpha value is -1.32. The molecule has 23 heavy (non-hydrogen) atoms. The summed E-state index contributed by atoms with van der Waals surface area (Å²) in [7, 11) is 0. The van der Waals surface area contributed by atoms with Gasteiger partial charge in [-0.15, -0.1) is 23.7 Å². The SMILES string of the molecule is Cl.Nc1ncc(CN2CCCC(c3ncc(C(F)(F)F)[nH]3)C2)s1. The van der Waals surface area contributed by atoms with Crippen LogP contribution in [-0.4, -0.2) is 32.9 Å². The molecule has 1 aliphatic heterocycles. The highest BCUT2D eigenvalue weighted by Gasteiger charge is 2.34. The number of halogens is 4. The van der Waals surface area contributed by atoms with Crippen LogP contribution in [0.25, 0.3) is 0 Å². The van der Waals surface area contributed by atoms with Crippen molar-refractivity contribution in [2.24, 2.45) is 0 Å². The van der Waals surface area contributed by atoms with Gasteiger partial charge in [0.15, 0.2) is 5.13 Å². The zero-order valence-electron chi connectivity index (χ0n) is 12.1. The molecular formula is C13H17ClF3N5S.